The number of ether oxygens (including phenoxy) is 3. The number of esters is 1. The van der Waals surface area contributed by atoms with Crippen LogP contribution < -0.4 is 0 Å². The Kier molecular flexibility index (Phi) is 9.66. The maximum Gasteiger partial charge on any atom is 0.305 e. The van der Waals surface area contributed by atoms with Crippen molar-refractivity contribution >= 4 is 5.97 Å². The van der Waals surface area contributed by atoms with Gasteiger partial charge in [-0.25, -0.2) is 0 Å². The van der Waals surface area contributed by atoms with E-state index in [-0.39, 0.29) is 5.97 Å². The van der Waals surface area contributed by atoms with Gasteiger partial charge in [-0.05, 0) is 19.8 Å². The molecule has 3 N–H and O–H groups in total. The molecule has 1 aliphatic rings. The predicted octanol–water partition coefficient (Wildman–Crippen LogP) is 0.734. The van der Waals surface area contributed by atoms with Gasteiger partial charge in [0.2, 0.25) is 0 Å². The quantitative estimate of drug-likeness (QED) is 0.399. The SMILES string of the molecule is COC(=O)CCCCCCCCO[C@H]1O[C@@H](C)[C@@H](O)[C@@H](O)[C@@H]1O. The van der Waals surface area contributed by atoms with E-state index in [1.165, 1.54) is 7.11 Å². The van der Waals surface area contributed by atoms with Crippen molar-refractivity contribution < 1.29 is 34.3 Å². The van der Waals surface area contributed by atoms with E-state index in [9.17, 15) is 20.1 Å². The second-order valence-electron chi connectivity index (χ2n) is 6.00. The lowest BCUT2D eigenvalue weighted by molar-refractivity contribution is -0.293. The molecule has 0 radical (unpaired) electrons. The summed E-state index contributed by atoms with van der Waals surface area (Å²) in [5, 5.41) is 29.0. The normalized spacial score (nSPS) is 31.1. The smallest absolute Gasteiger partial charge is 0.305 e. The van der Waals surface area contributed by atoms with Crippen LogP contribution in [0, 0.1) is 0 Å². The van der Waals surface area contributed by atoms with Crippen molar-refractivity contribution in [1.82, 2.24) is 0 Å². The van der Waals surface area contributed by atoms with Crippen LogP contribution in [-0.2, 0) is 19.0 Å². The lowest BCUT2D eigenvalue weighted by Gasteiger charge is -2.38. The predicted molar refractivity (Wildman–Crippen MR) is 82.6 cm³/mol. The van der Waals surface area contributed by atoms with Gasteiger partial charge in [0, 0.05) is 13.0 Å². The van der Waals surface area contributed by atoms with Crippen LogP contribution in [0.4, 0.5) is 0 Å². The van der Waals surface area contributed by atoms with Crippen LogP contribution in [0.25, 0.3) is 0 Å². The highest BCUT2D eigenvalue weighted by atomic mass is 16.7. The van der Waals surface area contributed by atoms with Crippen molar-refractivity contribution in [2.45, 2.75) is 82.6 Å². The molecule has 0 aromatic heterocycles. The highest BCUT2D eigenvalue weighted by Gasteiger charge is 2.42. The van der Waals surface area contributed by atoms with Gasteiger partial charge in [-0.15, -0.1) is 0 Å². The molecule has 0 aromatic carbocycles. The summed E-state index contributed by atoms with van der Waals surface area (Å²) in [6, 6.07) is 0. The summed E-state index contributed by atoms with van der Waals surface area (Å²) in [5.41, 5.74) is 0. The molecule has 23 heavy (non-hydrogen) atoms. The van der Waals surface area contributed by atoms with Crippen molar-refractivity contribution in [1.29, 1.82) is 0 Å². The van der Waals surface area contributed by atoms with Crippen molar-refractivity contribution in [2.24, 2.45) is 0 Å². The van der Waals surface area contributed by atoms with E-state index in [0.29, 0.717) is 13.0 Å². The second kappa shape index (κ2) is 10.9. The largest absolute Gasteiger partial charge is 0.469 e. The van der Waals surface area contributed by atoms with Crippen LogP contribution in [0.15, 0.2) is 0 Å². The fourth-order valence-electron chi connectivity index (χ4n) is 2.53. The van der Waals surface area contributed by atoms with Crippen LogP contribution in [0.3, 0.4) is 0 Å². The number of aliphatic hydroxyl groups excluding tert-OH is 3. The zero-order valence-electron chi connectivity index (χ0n) is 14.0. The van der Waals surface area contributed by atoms with Crippen molar-refractivity contribution in [3.8, 4) is 0 Å². The van der Waals surface area contributed by atoms with Crippen LogP contribution in [0.2, 0.25) is 0 Å². The Morgan fingerprint density at radius 1 is 0.957 bits per heavy atom. The monoisotopic (exact) mass is 334 g/mol. The van der Waals surface area contributed by atoms with E-state index in [2.05, 4.69) is 4.74 Å². The Balaban J connectivity index is 2.01. The third-order valence-electron chi connectivity index (χ3n) is 4.09. The number of aliphatic hydroxyl groups is 3. The standard InChI is InChI=1S/C16H30O7/c1-11-13(18)14(19)15(20)16(23-11)22-10-8-6-4-3-5-7-9-12(17)21-2/h11,13-16,18-20H,3-10H2,1-2H3/t11-,13+,14+,15-,16-/m0/s1. The minimum Gasteiger partial charge on any atom is -0.469 e. The van der Waals surface area contributed by atoms with Gasteiger partial charge in [0.25, 0.3) is 0 Å². The van der Waals surface area contributed by atoms with Gasteiger partial charge in [0.15, 0.2) is 6.29 Å². The number of unbranched alkanes of at least 4 members (excludes halogenated alkanes) is 5. The number of hydrogen-bond donors (Lipinski definition) is 3. The van der Waals surface area contributed by atoms with Crippen molar-refractivity contribution in [3.05, 3.63) is 0 Å². The van der Waals surface area contributed by atoms with E-state index < -0.39 is 30.7 Å². The summed E-state index contributed by atoms with van der Waals surface area (Å²) >= 11 is 0. The van der Waals surface area contributed by atoms with Crippen LogP contribution >= 0.6 is 0 Å². The molecule has 0 aromatic rings. The molecule has 136 valence electrons. The van der Waals surface area contributed by atoms with Crippen molar-refractivity contribution in [2.75, 3.05) is 13.7 Å². The Morgan fingerprint density at radius 2 is 1.57 bits per heavy atom. The number of carbonyl (C=O) groups excluding carboxylic acids is 1. The molecule has 0 spiro atoms. The van der Waals surface area contributed by atoms with E-state index in [1.54, 1.807) is 6.92 Å². The molecule has 0 amide bonds. The highest BCUT2D eigenvalue weighted by Crippen LogP contribution is 2.22. The van der Waals surface area contributed by atoms with Gasteiger partial charge in [-0.1, -0.05) is 25.7 Å². The Labute approximate surface area is 137 Å². The summed E-state index contributed by atoms with van der Waals surface area (Å²) in [6.07, 6.45) is 1.19. The van der Waals surface area contributed by atoms with Gasteiger partial charge in [-0.2, -0.15) is 0 Å². The Morgan fingerprint density at radius 3 is 2.22 bits per heavy atom. The lowest BCUT2D eigenvalue weighted by atomic mass is 10.00. The first-order valence-corrected chi connectivity index (χ1v) is 8.35. The second-order valence-corrected chi connectivity index (χ2v) is 6.00. The summed E-state index contributed by atoms with van der Waals surface area (Å²) in [7, 11) is 1.40. The van der Waals surface area contributed by atoms with Gasteiger partial charge >= 0.3 is 5.97 Å². The van der Waals surface area contributed by atoms with Crippen molar-refractivity contribution in [3.63, 3.8) is 0 Å². The van der Waals surface area contributed by atoms with E-state index >= 15 is 0 Å². The molecule has 0 bridgehead atoms. The highest BCUT2D eigenvalue weighted by molar-refractivity contribution is 5.68. The Hall–Kier alpha value is -0.730. The van der Waals surface area contributed by atoms with Crippen LogP contribution in [0.5, 0.6) is 0 Å². The number of rotatable bonds is 10. The molecule has 7 nitrogen and oxygen atoms in total. The summed E-state index contributed by atoms with van der Waals surface area (Å²) in [5.74, 6) is -0.161. The van der Waals surface area contributed by atoms with Crippen LogP contribution in [-0.4, -0.2) is 65.7 Å². The zero-order chi connectivity index (χ0) is 17.2. The van der Waals surface area contributed by atoms with Gasteiger partial charge < -0.3 is 29.5 Å². The summed E-state index contributed by atoms with van der Waals surface area (Å²) in [6.45, 7) is 2.06. The lowest BCUT2D eigenvalue weighted by Crippen LogP contribution is -2.57. The molecular formula is C16H30O7. The zero-order valence-corrected chi connectivity index (χ0v) is 14.0. The molecule has 1 fully saturated rings. The molecule has 0 aliphatic carbocycles. The summed E-state index contributed by atoms with van der Waals surface area (Å²) in [4.78, 5) is 10.9. The maximum atomic E-state index is 10.9. The first-order chi connectivity index (χ1) is 11.0. The molecule has 7 heteroatoms. The summed E-state index contributed by atoms with van der Waals surface area (Å²) < 4.78 is 15.4. The average molecular weight is 334 g/mol. The van der Waals surface area contributed by atoms with E-state index in [1.807, 2.05) is 0 Å². The fraction of sp³-hybridized carbons (Fsp3) is 0.938. The third kappa shape index (κ3) is 7.14. The molecule has 0 saturated carbocycles. The topological polar surface area (TPSA) is 105 Å². The first kappa shape index (κ1) is 20.3. The van der Waals surface area contributed by atoms with Gasteiger partial charge in [-0.3, -0.25) is 4.79 Å². The Bertz CT molecular complexity index is 336. The number of carbonyl (C=O) groups is 1. The fourth-order valence-corrected chi connectivity index (χ4v) is 2.53. The average Bonchev–Trinajstić information content (AvgIpc) is 2.55. The minimum atomic E-state index is -1.25. The molecule has 1 heterocycles. The van der Waals surface area contributed by atoms with E-state index in [4.69, 9.17) is 9.47 Å². The molecule has 0 unspecified atom stereocenters. The number of methoxy groups -OCH3 is 1. The van der Waals surface area contributed by atoms with Crippen LogP contribution in [0.1, 0.15) is 51.9 Å². The van der Waals surface area contributed by atoms with Gasteiger partial charge in [0.05, 0.1) is 13.2 Å². The molecule has 5 atom stereocenters. The maximum absolute atomic E-state index is 10.9. The molecular weight excluding hydrogens is 304 g/mol. The molecule has 1 saturated heterocycles. The number of hydrogen-bond acceptors (Lipinski definition) is 7. The van der Waals surface area contributed by atoms with E-state index in [0.717, 1.165) is 38.5 Å². The molecule has 1 rings (SSSR count). The third-order valence-corrected chi connectivity index (χ3v) is 4.09. The minimum absolute atomic E-state index is 0.161. The van der Waals surface area contributed by atoms with Gasteiger partial charge in [0.1, 0.15) is 18.3 Å². The first-order valence-electron chi connectivity index (χ1n) is 8.35. The molecule has 1 aliphatic heterocycles.